The Labute approximate surface area is 96.4 Å². The van der Waals surface area contributed by atoms with Crippen LogP contribution < -0.4 is 0 Å². The van der Waals surface area contributed by atoms with Crippen LogP contribution >= 0.6 is 0 Å². The first kappa shape index (κ1) is 23.4. The van der Waals surface area contributed by atoms with Gasteiger partial charge in [-0.05, 0) is 6.42 Å². The van der Waals surface area contributed by atoms with Gasteiger partial charge in [-0.1, -0.05) is 45.4 Å². The summed E-state index contributed by atoms with van der Waals surface area (Å²) in [5.41, 5.74) is 0. The molecular formula is C9H24O3Ti. The molecule has 0 fully saturated rings. The maximum Gasteiger partial charge on any atom is 0.0431 e. The predicted molar refractivity (Wildman–Crippen MR) is 52.3 cm³/mol. The van der Waals surface area contributed by atoms with Gasteiger partial charge in [0.1, 0.15) is 0 Å². The molecule has 0 aliphatic carbocycles. The standard InChI is InChI=1S/C9H20O.2H2O.Ti/c1-2-3-4-5-6-7-8-9-10;;;/h10H,2-9H2,1H3;2*1H2;. The molecule has 13 heavy (non-hydrogen) atoms. The minimum Gasteiger partial charge on any atom is -0.412 e. The Morgan fingerprint density at radius 3 is 1.54 bits per heavy atom. The minimum atomic E-state index is 0. The average molecular weight is 228 g/mol. The Bertz CT molecular complexity index is 54.8. The molecule has 0 aliphatic rings. The summed E-state index contributed by atoms with van der Waals surface area (Å²) in [5, 5.41) is 8.47. The Morgan fingerprint density at radius 1 is 0.769 bits per heavy atom. The van der Waals surface area contributed by atoms with Crippen LogP contribution in [-0.4, -0.2) is 22.7 Å². The minimum absolute atomic E-state index is 0. The van der Waals surface area contributed by atoms with Crippen molar-refractivity contribution in [3.8, 4) is 0 Å². The van der Waals surface area contributed by atoms with Gasteiger partial charge in [0.05, 0.1) is 0 Å². The first-order valence-electron chi connectivity index (χ1n) is 4.52. The van der Waals surface area contributed by atoms with E-state index in [2.05, 4.69) is 6.92 Å². The van der Waals surface area contributed by atoms with Crippen LogP contribution in [-0.2, 0) is 21.7 Å². The van der Waals surface area contributed by atoms with Crippen LogP contribution in [0.4, 0.5) is 0 Å². The number of unbranched alkanes of at least 4 members (excludes halogenated alkanes) is 6. The molecule has 3 nitrogen and oxygen atoms in total. The zero-order chi connectivity index (χ0) is 7.66. The Balaban J connectivity index is -0.000000135. The van der Waals surface area contributed by atoms with Crippen LogP contribution in [0.5, 0.6) is 0 Å². The van der Waals surface area contributed by atoms with Crippen LogP contribution in [0, 0.1) is 0 Å². The van der Waals surface area contributed by atoms with Gasteiger partial charge in [0.2, 0.25) is 0 Å². The van der Waals surface area contributed by atoms with E-state index >= 15 is 0 Å². The van der Waals surface area contributed by atoms with Crippen molar-refractivity contribution >= 4 is 0 Å². The summed E-state index contributed by atoms with van der Waals surface area (Å²) in [6.45, 7) is 2.60. The van der Waals surface area contributed by atoms with E-state index in [0.717, 1.165) is 6.42 Å². The third-order valence-electron chi connectivity index (χ3n) is 1.76. The molecule has 0 rings (SSSR count). The summed E-state index contributed by atoms with van der Waals surface area (Å²) in [7, 11) is 0. The first-order chi connectivity index (χ1) is 4.91. The fraction of sp³-hybridized carbons (Fsp3) is 1.00. The number of aliphatic hydroxyl groups excluding tert-OH is 1. The smallest absolute Gasteiger partial charge is 0.0431 e. The number of hydrogen-bond acceptors (Lipinski definition) is 1. The van der Waals surface area contributed by atoms with Crippen molar-refractivity contribution in [2.75, 3.05) is 6.61 Å². The quantitative estimate of drug-likeness (QED) is 0.513. The average Bonchev–Trinajstić information content (AvgIpc) is 1.97. The normalized spacial score (nSPS) is 7.85. The van der Waals surface area contributed by atoms with Crippen LogP contribution in [0.1, 0.15) is 51.9 Å². The second-order valence-electron chi connectivity index (χ2n) is 2.84. The molecule has 0 atom stereocenters. The summed E-state index contributed by atoms with van der Waals surface area (Å²) in [4.78, 5) is 0. The van der Waals surface area contributed by atoms with Crippen LogP contribution in [0.25, 0.3) is 0 Å². The fourth-order valence-corrected chi connectivity index (χ4v) is 1.07. The summed E-state index contributed by atoms with van der Waals surface area (Å²) < 4.78 is 0. The van der Waals surface area contributed by atoms with Crippen LogP contribution in [0.15, 0.2) is 0 Å². The van der Waals surface area contributed by atoms with Crippen molar-refractivity contribution in [1.82, 2.24) is 0 Å². The van der Waals surface area contributed by atoms with E-state index in [1.165, 1.54) is 38.5 Å². The second-order valence-corrected chi connectivity index (χ2v) is 2.84. The maximum absolute atomic E-state index is 8.47. The first-order valence-corrected chi connectivity index (χ1v) is 4.52. The van der Waals surface area contributed by atoms with Gasteiger partial charge < -0.3 is 16.1 Å². The van der Waals surface area contributed by atoms with E-state index in [1.807, 2.05) is 0 Å². The SMILES string of the molecule is CCCCCCCCCO.O.O.[Ti]. The molecule has 5 N–H and O–H groups in total. The van der Waals surface area contributed by atoms with E-state index in [0.29, 0.717) is 6.61 Å². The summed E-state index contributed by atoms with van der Waals surface area (Å²) >= 11 is 0. The molecule has 0 bridgehead atoms. The summed E-state index contributed by atoms with van der Waals surface area (Å²) in [5.74, 6) is 0. The van der Waals surface area contributed by atoms with Crippen molar-refractivity contribution in [2.24, 2.45) is 0 Å². The zero-order valence-electron chi connectivity index (χ0n) is 8.60. The maximum atomic E-state index is 8.47. The van der Waals surface area contributed by atoms with Gasteiger partial charge in [-0.2, -0.15) is 0 Å². The molecule has 0 heterocycles. The number of aliphatic hydroxyl groups is 1. The van der Waals surface area contributed by atoms with Crippen LogP contribution in [0.2, 0.25) is 0 Å². The third kappa shape index (κ3) is 24.5. The van der Waals surface area contributed by atoms with Crippen molar-refractivity contribution in [3.05, 3.63) is 0 Å². The monoisotopic (exact) mass is 228 g/mol. The van der Waals surface area contributed by atoms with E-state index in [1.54, 1.807) is 0 Å². The molecule has 0 aromatic carbocycles. The fourth-order valence-electron chi connectivity index (χ4n) is 1.07. The second kappa shape index (κ2) is 22.9. The van der Waals surface area contributed by atoms with Crippen molar-refractivity contribution in [3.63, 3.8) is 0 Å². The van der Waals surface area contributed by atoms with Gasteiger partial charge in [0, 0.05) is 28.3 Å². The largest absolute Gasteiger partial charge is 0.412 e. The van der Waals surface area contributed by atoms with E-state index in [9.17, 15) is 0 Å². The van der Waals surface area contributed by atoms with Gasteiger partial charge in [-0.25, -0.2) is 0 Å². The molecular weight excluding hydrogens is 204 g/mol. The topological polar surface area (TPSA) is 83.2 Å². The number of rotatable bonds is 7. The molecule has 0 unspecified atom stereocenters. The Kier molecular flexibility index (Phi) is 41.3. The van der Waals surface area contributed by atoms with E-state index < -0.39 is 0 Å². The summed E-state index contributed by atoms with van der Waals surface area (Å²) in [6.07, 6.45) is 8.93. The molecule has 0 spiro atoms. The summed E-state index contributed by atoms with van der Waals surface area (Å²) in [6, 6.07) is 0. The van der Waals surface area contributed by atoms with Crippen molar-refractivity contribution < 1.29 is 37.8 Å². The van der Waals surface area contributed by atoms with Crippen molar-refractivity contribution in [1.29, 1.82) is 0 Å². The molecule has 0 aliphatic heterocycles. The molecule has 0 aromatic heterocycles. The molecule has 0 saturated heterocycles. The zero-order valence-corrected chi connectivity index (χ0v) is 10.2. The van der Waals surface area contributed by atoms with E-state index in [-0.39, 0.29) is 32.7 Å². The van der Waals surface area contributed by atoms with Crippen LogP contribution in [0.3, 0.4) is 0 Å². The van der Waals surface area contributed by atoms with Gasteiger partial charge >= 0.3 is 0 Å². The molecule has 82 valence electrons. The number of hydrogen-bond donors (Lipinski definition) is 1. The predicted octanol–water partition coefficient (Wildman–Crippen LogP) is 1.08. The van der Waals surface area contributed by atoms with Gasteiger partial charge in [0.25, 0.3) is 0 Å². The molecule has 0 radical (unpaired) electrons. The van der Waals surface area contributed by atoms with E-state index in [4.69, 9.17) is 5.11 Å². The molecule has 0 amide bonds. The van der Waals surface area contributed by atoms with Gasteiger partial charge in [-0.15, -0.1) is 0 Å². The van der Waals surface area contributed by atoms with Crippen molar-refractivity contribution in [2.45, 2.75) is 51.9 Å². The molecule has 0 saturated carbocycles. The Hall–Kier alpha value is 0.594. The Morgan fingerprint density at radius 2 is 1.15 bits per heavy atom. The van der Waals surface area contributed by atoms with Gasteiger partial charge in [0.15, 0.2) is 0 Å². The molecule has 0 aromatic rings. The third-order valence-corrected chi connectivity index (χ3v) is 1.76. The molecule has 4 heteroatoms. The van der Waals surface area contributed by atoms with Gasteiger partial charge in [-0.3, -0.25) is 0 Å².